The van der Waals surface area contributed by atoms with E-state index in [1.165, 1.54) is 47.7 Å². The number of thiophene rings is 1. The highest BCUT2D eigenvalue weighted by Crippen LogP contribution is 2.44. The van der Waals surface area contributed by atoms with E-state index >= 15 is 0 Å². The van der Waals surface area contributed by atoms with Gasteiger partial charge in [-0.15, -0.1) is 11.3 Å². The number of para-hydroxylation sites is 4. The minimum atomic E-state index is -0.299. The van der Waals surface area contributed by atoms with E-state index in [0.29, 0.717) is 5.84 Å². The van der Waals surface area contributed by atoms with Crippen LogP contribution in [0.5, 0.6) is 0 Å². The molecule has 268 valence electrons. The number of nitrogens with one attached hydrogen (secondary N) is 1. The van der Waals surface area contributed by atoms with Crippen molar-refractivity contribution in [2.24, 2.45) is 9.98 Å². The molecule has 0 fully saturated rings. The van der Waals surface area contributed by atoms with Crippen LogP contribution in [0, 0.1) is 0 Å². The number of hydrogen-bond donors (Lipinski definition) is 1. The van der Waals surface area contributed by atoms with E-state index in [0.717, 1.165) is 55.6 Å². The van der Waals surface area contributed by atoms with Gasteiger partial charge in [-0.05, 0) is 47.5 Å². The molecule has 8 aromatic carbocycles. The Balaban J connectivity index is 1.00. The van der Waals surface area contributed by atoms with Crippen LogP contribution < -0.4 is 5.32 Å². The van der Waals surface area contributed by atoms with Crippen molar-refractivity contribution in [3.8, 4) is 16.8 Å². The molecule has 12 rings (SSSR count). The number of benzene rings is 8. The minimum absolute atomic E-state index is 0.299. The van der Waals surface area contributed by atoms with Crippen molar-refractivity contribution in [2.75, 3.05) is 0 Å². The first kappa shape index (κ1) is 32.0. The highest BCUT2D eigenvalue weighted by atomic mass is 32.1. The summed E-state index contributed by atoms with van der Waals surface area (Å²) in [5, 5.41) is 10.8. The maximum Gasteiger partial charge on any atom is 0.159 e. The molecule has 5 nitrogen and oxygen atoms in total. The van der Waals surface area contributed by atoms with Gasteiger partial charge in [0.25, 0.3) is 0 Å². The lowest BCUT2D eigenvalue weighted by Gasteiger charge is -2.23. The second-order valence-corrected chi connectivity index (χ2v) is 15.6. The summed E-state index contributed by atoms with van der Waals surface area (Å²) < 4.78 is 11.9. The Morgan fingerprint density at radius 3 is 1.89 bits per heavy atom. The zero-order valence-electron chi connectivity index (χ0n) is 30.6. The van der Waals surface area contributed by atoms with Crippen molar-refractivity contribution in [2.45, 2.75) is 6.17 Å². The summed E-state index contributed by atoms with van der Waals surface area (Å²) >= 11 is 1.84. The third-order valence-electron chi connectivity index (χ3n) is 11.3. The Labute approximate surface area is 331 Å². The van der Waals surface area contributed by atoms with Crippen molar-refractivity contribution in [1.82, 2.24) is 9.88 Å². The van der Waals surface area contributed by atoms with Gasteiger partial charge < -0.3 is 14.3 Å². The van der Waals surface area contributed by atoms with Gasteiger partial charge in [-0.1, -0.05) is 146 Å². The molecule has 11 aromatic rings. The van der Waals surface area contributed by atoms with Crippen molar-refractivity contribution in [3.63, 3.8) is 0 Å². The number of amidine groups is 2. The minimum Gasteiger partial charge on any atom is -0.455 e. The van der Waals surface area contributed by atoms with E-state index in [2.05, 4.69) is 155 Å². The summed E-state index contributed by atoms with van der Waals surface area (Å²) in [4.78, 5) is 10.2. The summed E-state index contributed by atoms with van der Waals surface area (Å²) in [5.41, 5.74) is 10.4. The lowest BCUT2D eigenvalue weighted by atomic mass is 10.00. The average molecular weight is 749 g/mol. The van der Waals surface area contributed by atoms with Gasteiger partial charge in [0, 0.05) is 52.8 Å². The fraction of sp³-hybridized carbons (Fsp3) is 0.0196. The van der Waals surface area contributed by atoms with Crippen LogP contribution in [0.1, 0.15) is 22.9 Å². The molecule has 0 spiro atoms. The Morgan fingerprint density at radius 2 is 1.14 bits per heavy atom. The molecule has 1 unspecified atom stereocenters. The predicted molar refractivity (Wildman–Crippen MR) is 238 cm³/mol. The number of aliphatic imine (C=N–C) groups is 2. The largest absolute Gasteiger partial charge is 0.455 e. The summed E-state index contributed by atoms with van der Waals surface area (Å²) in [6, 6.07) is 64.3. The molecule has 0 saturated carbocycles. The zero-order chi connectivity index (χ0) is 37.5. The zero-order valence-corrected chi connectivity index (χ0v) is 31.4. The third kappa shape index (κ3) is 5.01. The van der Waals surface area contributed by atoms with Crippen LogP contribution in [-0.4, -0.2) is 16.2 Å². The molecule has 4 heterocycles. The number of nitrogens with zero attached hydrogens (tertiary/aromatic N) is 3. The first-order valence-electron chi connectivity index (χ1n) is 19.2. The first-order valence-corrected chi connectivity index (χ1v) is 20.0. The molecule has 6 heteroatoms. The van der Waals surface area contributed by atoms with Gasteiger partial charge in [-0.2, -0.15) is 0 Å². The molecule has 1 N–H and O–H groups in total. The van der Waals surface area contributed by atoms with Crippen LogP contribution >= 0.6 is 11.3 Å². The van der Waals surface area contributed by atoms with Gasteiger partial charge in [0.2, 0.25) is 0 Å². The standard InChI is InChI=1S/C51H32N4OS/c1-3-14-31(15-4-1)49-52-50(32-16-5-2-6-17-32)54-51(53-49)40-23-12-22-38-37-21-11-20-34(47(37)56-48(38)40)33-28-29-39-45(30-33)57-44-27-13-26-43(46(39)44)55-41-24-9-7-18-35(41)36-19-8-10-25-42(36)55/h1-30,49H,(H,52,53,54). The molecular weight excluding hydrogens is 717 g/mol. The molecule has 3 aromatic heterocycles. The topological polar surface area (TPSA) is 54.8 Å². The van der Waals surface area contributed by atoms with Gasteiger partial charge in [-0.25, -0.2) is 9.98 Å². The molecule has 0 radical (unpaired) electrons. The lowest BCUT2D eigenvalue weighted by Crippen LogP contribution is -2.33. The van der Waals surface area contributed by atoms with Crippen molar-refractivity contribution >= 4 is 86.9 Å². The normalized spacial score (nSPS) is 14.5. The highest BCUT2D eigenvalue weighted by Gasteiger charge is 2.25. The van der Waals surface area contributed by atoms with Gasteiger partial charge >= 0.3 is 0 Å². The Morgan fingerprint density at radius 1 is 0.509 bits per heavy atom. The number of hydrogen-bond acceptors (Lipinski definition) is 5. The molecule has 0 saturated heterocycles. The first-order chi connectivity index (χ1) is 28.3. The third-order valence-corrected chi connectivity index (χ3v) is 12.4. The number of aromatic nitrogens is 1. The van der Waals surface area contributed by atoms with Crippen molar-refractivity contribution in [1.29, 1.82) is 0 Å². The lowest BCUT2D eigenvalue weighted by molar-refractivity contribution is 0.660. The van der Waals surface area contributed by atoms with Crippen molar-refractivity contribution < 1.29 is 4.42 Å². The van der Waals surface area contributed by atoms with E-state index in [1.54, 1.807) is 0 Å². The quantitative estimate of drug-likeness (QED) is 0.191. The number of rotatable bonds is 5. The van der Waals surface area contributed by atoms with E-state index in [9.17, 15) is 0 Å². The van der Waals surface area contributed by atoms with Crippen LogP contribution in [0.25, 0.3) is 80.7 Å². The van der Waals surface area contributed by atoms with Gasteiger partial charge in [0.05, 0.1) is 22.3 Å². The Kier molecular flexibility index (Phi) is 7.09. The van der Waals surface area contributed by atoms with Crippen LogP contribution in [0.4, 0.5) is 0 Å². The van der Waals surface area contributed by atoms with E-state index in [1.807, 2.05) is 47.7 Å². The molecule has 1 aliphatic rings. The molecule has 0 aliphatic carbocycles. The summed E-state index contributed by atoms with van der Waals surface area (Å²) in [6.07, 6.45) is -0.299. The summed E-state index contributed by atoms with van der Waals surface area (Å²) in [7, 11) is 0. The fourth-order valence-corrected chi connectivity index (χ4v) is 9.85. The summed E-state index contributed by atoms with van der Waals surface area (Å²) in [5.74, 6) is 1.42. The monoisotopic (exact) mass is 748 g/mol. The highest BCUT2D eigenvalue weighted by molar-refractivity contribution is 7.26. The Bertz CT molecular complexity index is 3390. The maximum atomic E-state index is 6.96. The van der Waals surface area contributed by atoms with Crippen LogP contribution in [0.15, 0.2) is 196 Å². The van der Waals surface area contributed by atoms with Crippen molar-refractivity contribution in [3.05, 3.63) is 199 Å². The number of furan rings is 1. The molecule has 1 aliphatic heterocycles. The molecule has 57 heavy (non-hydrogen) atoms. The van der Waals surface area contributed by atoms with Gasteiger partial charge in [0.15, 0.2) is 5.84 Å². The maximum absolute atomic E-state index is 6.96. The molecule has 0 bridgehead atoms. The second-order valence-electron chi connectivity index (χ2n) is 14.5. The van der Waals surface area contributed by atoms with Crippen LogP contribution in [0.2, 0.25) is 0 Å². The van der Waals surface area contributed by atoms with Crippen LogP contribution in [0.3, 0.4) is 0 Å². The average Bonchev–Trinajstić information content (AvgIpc) is 3.96. The van der Waals surface area contributed by atoms with E-state index in [-0.39, 0.29) is 6.17 Å². The SMILES string of the molecule is c1ccc(C2=NC(c3ccccc3)NC(c3cccc4c3oc3c(-c5ccc6c(c5)sc5cccc(-n7c8ccccc8c8ccccc87)c56)cccc34)=N2)cc1. The molecule has 0 amide bonds. The van der Waals surface area contributed by atoms with E-state index in [4.69, 9.17) is 14.4 Å². The van der Waals surface area contributed by atoms with Gasteiger partial charge in [0.1, 0.15) is 23.2 Å². The second kappa shape index (κ2) is 12.6. The van der Waals surface area contributed by atoms with Crippen LogP contribution in [-0.2, 0) is 0 Å². The molecular formula is C51H32N4OS. The van der Waals surface area contributed by atoms with Gasteiger partial charge in [-0.3, -0.25) is 0 Å². The molecule has 1 atom stereocenters. The summed E-state index contributed by atoms with van der Waals surface area (Å²) in [6.45, 7) is 0. The predicted octanol–water partition coefficient (Wildman–Crippen LogP) is 13.2. The smallest absolute Gasteiger partial charge is 0.159 e. The Hall–Kier alpha value is -7.28. The van der Waals surface area contributed by atoms with E-state index < -0.39 is 0 Å². The fourth-order valence-electron chi connectivity index (χ4n) is 8.69. The number of fused-ring (bicyclic) bond motifs is 9.